The average Bonchev–Trinajstić information content (AvgIpc) is 2.26. The Kier molecular flexibility index (Phi) is 5.08. The van der Waals surface area contributed by atoms with Crippen LogP contribution in [0, 0.1) is 0 Å². The van der Waals surface area contributed by atoms with E-state index in [1.165, 1.54) is 7.11 Å². The third kappa shape index (κ3) is 4.28. The molecule has 84 valence electrons. The molecule has 0 atom stereocenters. The Hall–Kier alpha value is -1.12. The highest BCUT2D eigenvalue weighted by Crippen LogP contribution is 2.16. The second kappa shape index (κ2) is 6.38. The van der Waals surface area contributed by atoms with E-state index in [1.54, 1.807) is 0 Å². The maximum atomic E-state index is 11.3. The zero-order valence-corrected chi connectivity index (χ0v) is 9.25. The molecule has 1 aliphatic rings. The minimum atomic E-state index is -0.220. The molecule has 3 heteroatoms. The molecule has 0 N–H and O–H groups in total. The molecule has 0 saturated heterocycles. The average molecular weight is 210 g/mol. The van der Waals surface area contributed by atoms with Gasteiger partial charge >= 0.3 is 5.97 Å². The minimum absolute atomic E-state index is 0.220. The first-order valence-corrected chi connectivity index (χ1v) is 5.53. The van der Waals surface area contributed by atoms with E-state index in [0.717, 1.165) is 37.7 Å². The first-order chi connectivity index (χ1) is 7.24. The number of ether oxygens (including phenoxy) is 1. The Labute approximate surface area is 90.5 Å². The highest BCUT2D eigenvalue weighted by atomic mass is 16.5. The normalized spacial score (nSPS) is 22.7. The summed E-state index contributed by atoms with van der Waals surface area (Å²) in [7, 11) is 1.41. The SMILES string of the molecule is COC(=O)/C1=C/CCCC(=O)CCCC1. The number of rotatable bonds is 1. The highest BCUT2D eigenvalue weighted by Gasteiger charge is 2.11. The Balaban J connectivity index is 2.56. The molecule has 0 heterocycles. The summed E-state index contributed by atoms with van der Waals surface area (Å²) in [6, 6.07) is 0. The molecule has 0 radical (unpaired) electrons. The molecule has 0 unspecified atom stereocenters. The molecule has 0 amide bonds. The van der Waals surface area contributed by atoms with E-state index in [-0.39, 0.29) is 5.97 Å². The van der Waals surface area contributed by atoms with Gasteiger partial charge in [0.1, 0.15) is 5.78 Å². The molecule has 1 rings (SSSR count). The first kappa shape index (κ1) is 12.0. The van der Waals surface area contributed by atoms with Crippen molar-refractivity contribution in [2.45, 2.75) is 44.9 Å². The number of ketones is 1. The molecule has 0 bridgehead atoms. The summed E-state index contributed by atoms with van der Waals surface area (Å²) in [6.07, 6.45) is 7.39. The van der Waals surface area contributed by atoms with Crippen LogP contribution in [0.4, 0.5) is 0 Å². The molecule has 3 nitrogen and oxygen atoms in total. The molecule has 0 aromatic heterocycles. The van der Waals surface area contributed by atoms with Gasteiger partial charge in [-0.2, -0.15) is 0 Å². The number of Topliss-reactive ketones (excluding diaryl/α,β-unsaturated/α-hetero) is 1. The second-order valence-electron chi connectivity index (χ2n) is 3.86. The zero-order chi connectivity index (χ0) is 11.1. The summed E-state index contributed by atoms with van der Waals surface area (Å²) in [5.41, 5.74) is 0.770. The van der Waals surface area contributed by atoms with Crippen LogP contribution in [-0.4, -0.2) is 18.9 Å². The minimum Gasteiger partial charge on any atom is -0.466 e. The largest absolute Gasteiger partial charge is 0.466 e. The topological polar surface area (TPSA) is 43.4 Å². The fourth-order valence-corrected chi connectivity index (χ4v) is 1.76. The van der Waals surface area contributed by atoms with Crippen molar-refractivity contribution in [1.82, 2.24) is 0 Å². The van der Waals surface area contributed by atoms with Crippen LogP contribution in [0.5, 0.6) is 0 Å². The van der Waals surface area contributed by atoms with Gasteiger partial charge in [0.15, 0.2) is 0 Å². The van der Waals surface area contributed by atoms with Crippen molar-refractivity contribution in [3.8, 4) is 0 Å². The Morgan fingerprint density at radius 1 is 1.20 bits per heavy atom. The molecular weight excluding hydrogens is 192 g/mol. The Bertz CT molecular complexity index is 266. The third-order valence-corrected chi connectivity index (χ3v) is 2.65. The van der Waals surface area contributed by atoms with E-state index in [2.05, 4.69) is 0 Å². The van der Waals surface area contributed by atoms with Crippen molar-refractivity contribution in [2.24, 2.45) is 0 Å². The predicted molar refractivity (Wildman–Crippen MR) is 57.4 cm³/mol. The van der Waals surface area contributed by atoms with Gasteiger partial charge < -0.3 is 4.74 Å². The number of carbonyl (C=O) groups is 2. The summed E-state index contributed by atoms with van der Waals surface area (Å²) in [5.74, 6) is 0.131. The summed E-state index contributed by atoms with van der Waals surface area (Å²) in [6.45, 7) is 0. The first-order valence-electron chi connectivity index (χ1n) is 5.53. The third-order valence-electron chi connectivity index (χ3n) is 2.65. The van der Waals surface area contributed by atoms with Crippen LogP contribution in [0.15, 0.2) is 11.6 Å². The van der Waals surface area contributed by atoms with Crippen molar-refractivity contribution in [2.75, 3.05) is 7.11 Å². The summed E-state index contributed by atoms with van der Waals surface area (Å²) < 4.78 is 4.71. The van der Waals surface area contributed by atoms with Crippen molar-refractivity contribution in [3.05, 3.63) is 11.6 Å². The van der Waals surface area contributed by atoms with Crippen molar-refractivity contribution < 1.29 is 14.3 Å². The summed E-state index contributed by atoms with van der Waals surface area (Å²) in [5, 5.41) is 0. The van der Waals surface area contributed by atoms with E-state index >= 15 is 0 Å². The van der Waals surface area contributed by atoms with Crippen LogP contribution in [0.2, 0.25) is 0 Å². The lowest BCUT2D eigenvalue weighted by atomic mass is 10.00. The van der Waals surface area contributed by atoms with E-state index in [9.17, 15) is 9.59 Å². The molecule has 0 saturated carbocycles. The van der Waals surface area contributed by atoms with E-state index in [0.29, 0.717) is 18.6 Å². The lowest BCUT2D eigenvalue weighted by Gasteiger charge is -2.08. The number of esters is 1. The Morgan fingerprint density at radius 3 is 2.60 bits per heavy atom. The van der Waals surface area contributed by atoms with Crippen LogP contribution in [0.1, 0.15) is 44.9 Å². The Morgan fingerprint density at radius 2 is 1.87 bits per heavy atom. The molecular formula is C12H18O3. The number of methoxy groups -OCH3 is 1. The lowest BCUT2D eigenvalue weighted by Crippen LogP contribution is -2.07. The van der Waals surface area contributed by atoms with Gasteiger partial charge in [-0.3, -0.25) is 4.79 Å². The van der Waals surface area contributed by atoms with Crippen LogP contribution in [0.3, 0.4) is 0 Å². The smallest absolute Gasteiger partial charge is 0.333 e. The molecule has 1 aliphatic carbocycles. The molecule has 0 aliphatic heterocycles. The number of carbonyl (C=O) groups excluding carboxylic acids is 2. The highest BCUT2D eigenvalue weighted by molar-refractivity contribution is 5.88. The van der Waals surface area contributed by atoms with Crippen LogP contribution in [-0.2, 0) is 14.3 Å². The van der Waals surface area contributed by atoms with Crippen molar-refractivity contribution in [1.29, 1.82) is 0 Å². The van der Waals surface area contributed by atoms with Gasteiger partial charge in [-0.15, -0.1) is 0 Å². The van der Waals surface area contributed by atoms with E-state index in [1.807, 2.05) is 6.08 Å². The van der Waals surface area contributed by atoms with Gasteiger partial charge in [0.05, 0.1) is 7.11 Å². The molecule has 0 aromatic rings. The predicted octanol–water partition coefficient (Wildman–Crippen LogP) is 2.40. The lowest BCUT2D eigenvalue weighted by molar-refractivity contribution is -0.136. The number of allylic oxidation sites excluding steroid dienone is 1. The summed E-state index contributed by atoms with van der Waals surface area (Å²) in [4.78, 5) is 22.6. The van der Waals surface area contributed by atoms with Gasteiger partial charge in [-0.25, -0.2) is 4.79 Å². The monoisotopic (exact) mass is 210 g/mol. The van der Waals surface area contributed by atoms with Crippen LogP contribution in [0.25, 0.3) is 0 Å². The number of hydrogen-bond acceptors (Lipinski definition) is 3. The maximum absolute atomic E-state index is 11.3. The molecule has 15 heavy (non-hydrogen) atoms. The second-order valence-corrected chi connectivity index (χ2v) is 3.86. The van der Waals surface area contributed by atoms with Gasteiger partial charge in [-0.1, -0.05) is 6.08 Å². The van der Waals surface area contributed by atoms with E-state index < -0.39 is 0 Å². The van der Waals surface area contributed by atoms with Gasteiger partial charge in [-0.05, 0) is 32.1 Å². The standard InChI is InChI=1S/C12H18O3/c1-15-12(14)10-6-2-4-8-11(13)9-5-3-7-10/h6H,2-5,7-9H2,1H3/b10-6+. The molecule has 0 spiro atoms. The quantitative estimate of drug-likeness (QED) is 0.624. The fraction of sp³-hybridized carbons (Fsp3) is 0.667. The van der Waals surface area contributed by atoms with Crippen LogP contribution < -0.4 is 0 Å². The zero-order valence-electron chi connectivity index (χ0n) is 9.25. The summed E-state index contributed by atoms with van der Waals surface area (Å²) >= 11 is 0. The maximum Gasteiger partial charge on any atom is 0.333 e. The number of hydrogen-bond donors (Lipinski definition) is 0. The van der Waals surface area contributed by atoms with Crippen molar-refractivity contribution in [3.63, 3.8) is 0 Å². The van der Waals surface area contributed by atoms with Gasteiger partial charge in [0.2, 0.25) is 0 Å². The molecule has 0 fully saturated rings. The molecule has 0 aromatic carbocycles. The van der Waals surface area contributed by atoms with Crippen LogP contribution >= 0.6 is 0 Å². The van der Waals surface area contributed by atoms with Crippen molar-refractivity contribution >= 4 is 11.8 Å². The fourth-order valence-electron chi connectivity index (χ4n) is 1.76. The van der Waals surface area contributed by atoms with Gasteiger partial charge in [0, 0.05) is 18.4 Å². The van der Waals surface area contributed by atoms with Gasteiger partial charge in [0.25, 0.3) is 0 Å². The van der Waals surface area contributed by atoms with E-state index in [4.69, 9.17) is 4.74 Å².